The summed E-state index contributed by atoms with van der Waals surface area (Å²) in [5.74, 6) is -2.87. The Morgan fingerprint density at radius 2 is 1.66 bits per heavy atom. The van der Waals surface area contributed by atoms with Crippen molar-refractivity contribution < 1.29 is 37.5 Å². The first-order valence-corrected chi connectivity index (χ1v) is 20.1. The number of anilines is 2. The van der Waals surface area contributed by atoms with Crippen molar-refractivity contribution in [2.45, 2.75) is 70.8 Å². The number of carbonyl (C=O) groups excluding carboxylic acids is 5. The summed E-state index contributed by atoms with van der Waals surface area (Å²) in [7, 11) is 0. The van der Waals surface area contributed by atoms with E-state index < -0.39 is 41.3 Å². The summed E-state index contributed by atoms with van der Waals surface area (Å²) in [5, 5.41) is 5.87. The average molecular weight is 816 g/mol. The molecule has 1 unspecified atom stereocenters. The molecule has 0 radical (unpaired) electrons. The molecule has 58 heavy (non-hydrogen) atoms. The average Bonchev–Trinajstić information content (AvgIpc) is 3.47. The Kier molecular flexibility index (Phi) is 12.5. The number of hydrogen-bond acceptors (Lipinski definition) is 10. The van der Waals surface area contributed by atoms with Gasteiger partial charge in [0.15, 0.2) is 5.82 Å². The maximum atomic E-state index is 16.3. The van der Waals surface area contributed by atoms with Crippen LogP contribution in [-0.4, -0.2) is 94.7 Å². The molecule has 3 aliphatic rings. The van der Waals surface area contributed by atoms with Gasteiger partial charge in [0, 0.05) is 62.2 Å². The fourth-order valence-electron chi connectivity index (χ4n) is 7.86. The van der Waals surface area contributed by atoms with E-state index in [0.717, 1.165) is 37.0 Å². The van der Waals surface area contributed by atoms with E-state index in [1.54, 1.807) is 35.2 Å². The molecule has 7 rings (SSSR count). The molecule has 4 aromatic rings. The second kappa shape index (κ2) is 17.8. The largest absolute Gasteiger partial charge is 0.493 e. The number of piperazine rings is 1. The molecule has 0 bridgehead atoms. The summed E-state index contributed by atoms with van der Waals surface area (Å²) < 4.78 is 37.8. The maximum absolute atomic E-state index is 16.3. The molecule has 4 heterocycles. The van der Waals surface area contributed by atoms with E-state index in [9.17, 15) is 24.0 Å². The zero-order valence-corrected chi connectivity index (χ0v) is 32.9. The zero-order chi connectivity index (χ0) is 40.9. The number of halogens is 3. The molecule has 304 valence electrons. The topological polar surface area (TPSA) is 154 Å². The number of aromatic nitrogens is 2. The van der Waals surface area contributed by atoms with Gasteiger partial charge in [-0.3, -0.25) is 34.2 Å². The van der Waals surface area contributed by atoms with Crippen molar-refractivity contribution >= 4 is 63.5 Å². The van der Waals surface area contributed by atoms with Crippen molar-refractivity contribution in [1.29, 1.82) is 0 Å². The van der Waals surface area contributed by atoms with E-state index in [0.29, 0.717) is 62.5 Å². The summed E-state index contributed by atoms with van der Waals surface area (Å²) in [6.45, 7) is 4.74. The van der Waals surface area contributed by atoms with Crippen LogP contribution in [-0.2, 0) is 14.4 Å². The number of benzene rings is 3. The molecule has 3 aliphatic heterocycles. The smallest absolute Gasteiger partial charge is 0.264 e. The monoisotopic (exact) mass is 815 g/mol. The SMILES string of the molecule is CCC(=O)N1CCN(c2ncnc3c(F)c(-c4c(F)cccc4OCCCCCCCCNc4cccc5c4C(=O)N(C4CCC(=O)NC4=O)C5=O)c(Cl)cc23)CC1. The molecule has 1 aromatic heterocycles. The molecule has 13 nitrogen and oxygen atoms in total. The summed E-state index contributed by atoms with van der Waals surface area (Å²) in [5.41, 5.74) is 0.785. The fraction of sp³-hybridized carbons (Fsp3) is 0.405. The van der Waals surface area contributed by atoms with Crippen LogP contribution >= 0.6 is 11.6 Å². The van der Waals surface area contributed by atoms with Gasteiger partial charge in [-0.25, -0.2) is 18.7 Å². The van der Waals surface area contributed by atoms with Gasteiger partial charge in [0.1, 0.15) is 35.3 Å². The van der Waals surface area contributed by atoms with Gasteiger partial charge in [-0.15, -0.1) is 0 Å². The lowest BCUT2D eigenvalue weighted by Crippen LogP contribution is -2.54. The van der Waals surface area contributed by atoms with Crippen LogP contribution in [0.25, 0.3) is 22.0 Å². The van der Waals surface area contributed by atoms with Crippen molar-refractivity contribution in [3.63, 3.8) is 0 Å². The van der Waals surface area contributed by atoms with Crippen molar-refractivity contribution in [1.82, 2.24) is 25.1 Å². The Labute approximate surface area is 339 Å². The van der Waals surface area contributed by atoms with E-state index in [-0.39, 0.29) is 63.9 Å². The summed E-state index contributed by atoms with van der Waals surface area (Å²) in [6, 6.07) is 9.86. The molecule has 2 N–H and O–H groups in total. The minimum absolute atomic E-state index is 0.00350. The van der Waals surface area contributed by atoms with E-state index in [1.165, 1.54) is 18.5 Å². The fourth-order valence-corrected chi connectivity index (χ4v) is 8.14. The van der Waals surface area contributed by atoms with Gasteiger partial charge in [-0.2, -0.15) is 0 Å². The summed E-state index contributed by atoms with van der Waals surface area (Å²) >= 11 is 6.71. The van der Waals surface area contributed by atoms with Gasteiger partial charge in [-0.1, -0.05) is 56.3 Å². The molecule has 0 saturated carbocycles. The van der Waals surface area contributed by atoms with Crippen LogP contribution in [0.15, 0.2) is 48.8 Å². The van der Waals surface area contributed by atoms with Crippen LogP contribution in [0.1, 0.15) is 85.4 Å². The van der Waals surface area contributed by atoms with Gasteiger partial charge in [0.05, 0.1) is 28.3 Å². The summed E-state index contributed by atoms with van der Waals surface area (Å²) in [6.07, 6.45) is 6.97. The number of carbonyl (C=O) groups is 5. The molecule has 1 atom stereocenters. The van der Waals surface area contributed by atoms with Crippen LogP contribution < -0.4 is 20.3 Å². The lowest BCUT2D eigenvalue weighted by molar-refractivity contribution is -0.136. The van der Waals surface area contributed by atoms with Crippen LogP contribution in [0.5, 0.6) is 5.75 Å². The lowest BCUT2D eigenvalue weighted by atomic mass is 10.0. The van der Waals surface area contributed by atoms with E-state index >= 15 is 8.78 Å². The van der Waals surface area contributed by atoms with E-state index in [4.69, 9.17) is 16.3 Å². The Morgan fingerprint density at radius 3 is 2.41 bits per heavy atom. The molecule has 2 saturated heterocycles. The standard InChI is InChI=1S/C42H44ClF2N7O6/c1-2-33(54)50-18-20-51(21-19-50)39-26-23-27(43)35(37(45)38(26)47-24-48-39)36-28(44)12-10-14-31(36)58-22-8-6-4-3-5-7-17-46-29-13-9-11-25-34(29)42(57)52(41(25)56)30-15-16-32(53)49-40(30)55/h9-14,23-24,30,46H,2-8,15-22H2,1H3,(H,49,53,55). The number of imide groups is 2. The molecule has 5 amide bonds. The van der Waals surface area contributed by atoms with Crippen LogP contribution in [0, 0.1) is 11.6 Å². The highest BCUT2D eigenvalue weighted by molar-refractivity contribution is 6.34. The Hall–Kier alpha value is -5.70. The lowest BCUT2D eigenvalue weighted by Gasteiger charge is -2.35. The zero-order valence-electron chi connectivity index (χ0n) is 32.1. The maximum Gasteiger partial charge on any atom is 0.264 e. The number of ether oxygens (including phenoxy) is 1. The van der Waals surface area contributed by atoms with Gasteiger partial charge in [-0.05, 0) is 49.6 Å². The molecular weight excluding hydrogens is 772 g/mol. The second-order valence-electron chi connectivity index (χ2n) is 14.5. The number of nitrogens with zero attached hydrogens (tertiary/aromatic N) is 5. The molecule has 16 heteroatoms. The molecule has 3 aromatic carbocycles. The van der Waals surface area contributed by atoms with Crippen LogP contribution in [0.3, 0.4) is 0 Å². The predicted molar refractivity (Wildman–Crippen MR) is 214 cm³/mol. The van der Waals surface area contributed by atoms with E-state index in [2.05, 4.69) is 20.6 Å². The third-order valence-electron chi connectivity index (χ3n) is 10.9. The van der Waals surface area contributed by atoms with Crippen LogP contribution in [0.4, 0.5) is 20.3 Å². The van der Waals surface area contributed by atoms with E-state index in [1.807, 2.05) is 11.8 Å². The van der Waals surface area contributed by atoms with Gasteiger partial charge in [0.2, 0.25) is 17.7 Å². The molecule has 0 aliphatic carbocycles. The predicted octanol–water partition coefficient (Wildman–Crippen LogP) is 6.52. The molecule has 2 fully saturated rings. The quantitative estimate of drug-likeness (QED) is 0.100. The van der Waals surface area contributed by atoms with Crippen molar-refractivity contribution in [2.24, 2.45) is 0 Å². The Morgan fingerprint density at radius 1 is 0.914 bits per heavy atom. The minimum Gasteiger partial charge on any atom is -0.493 e. The number of unbranched alkanes of at least 4 members (excludes halogenated alkanes) is 5. The Bertz CT molecular complexity index is 2270. The normalized spacial score (nSPS) is 16.9. The van der Waals surface area contributed by atoms with Gasteiger partial charge in [0.25, 0.3) is 11.8 Å². The summed E-state index contributed by atoms with van der Waals surface area (Å²) in [4.78, 5) is 75.9. The van der Waals surface area contributed by atoms with Crippen LogP contribution in [0.2, 0.25) is 5.02 Å². The number of piperidine rings is 1. The Balaban J connectivity index is 0.892. The number of nitrogens with one attached hydrogen (secondary N) is 2. The van der Waals surface area contributed by atoms with Crippen molar-refractivity contribution in [3.05, 3.63) is 76.6 Å². The van der Waals surface area contributed by atoms with Gasteiger partial charge >= 0.3 is 0 Å². The second-order valence-corrected chi connectivity index (χ2v) is 15.0. The first kappa shape index (κ1) is 40.5. The number of amides is 5. The van der Waals surface area contributed by atoms with Crippen molar-refractivity contribution in [3.8, 4) is 16.9 Å². The van der Waals surface area contributed by atoms with Crippen molar-refractivity contribution in [2.75, 3.05) is 49.5 Å². The number of fused-ring (bicyclic) bond motifs is 2. The highest BCUT2D eigenvalue weighted by Crippen LogP contribution is 2.43. The first-order valence-electron chi connectivity index (χ1n) is 19.7. The highest BCUT2D eigenvalue weighted by atomic mass is 35.5. The first-order chi connectivity index (χ1) is 28.1. The molecule has 0 spiro atoms. The third kappa shape index (κ3) is 8.17. The number of rotatable bonds is 15. The highest BCUT2D eigenvalue weighted by Gasteiger charge is 2.45. The minimum atomic E-state index is -1.02. The molecular formula is C42H44ClF2N7O6. The number of hydrogen-bond donors (Lipinski definition) is 2. The van der Waals surface area contributed by atoms with Gasteiger partial charge < -0.3 is 19.9 Å². The third-order valence-corrected chi connectivity index (χ3v) is 11.2.